The Kier molecular flexibility index (Phi) is 2.12. The van der Waals surface area contributed by atoms with Gasteiger partial charge in [0.05, 0.1) is 5.39 Å². The summed E-state index contributed by atoms with van der Waals surface area (Å²) in [5.74, 6) is 0.996. The van der Waals surface area contributed by atoms with E-state index in [4.69, 9.17) is 0 Å². The molecule has 0 aliphatic carbocycles. The third-order valence-electron chi connectivity index (χ3n) is 3.85. The molecule has 3 aromatic rings. The SMILES string of the molecule is Cc1cccc2c1CCN2c1ncnc2[nH]ccc12. The highest BCUT2D eigenvalue weighted by molar-refractivity contribution is 5.90. The van der Waals surface area contributed by atoms with Crippen molar-refractivity contribution in [3.05, 3.63) is 47.9 Å². The summed E-state index contributed by atoms with van der Waals surface area (Å²) < 4.78 is 0. The van der Waals surface area contributed by atoms with Gasteiger partial charge in [0.25, 0.3) is 0 Å². The molecule has 4 rings (SSSR count). The maximum absolute atomic E-state index is 4.48. The van der Waals surface area contributed by atoms with E-state index in [9.17, 15) is 0 Å². The summed E-state index contributed by atoms with van der Waals surface area (Å²) in [5, 5.41) is 1.08. The van der Waals surface area contributed by atoms with E-state index in [0.29, 0.717) is 0 Å². The zero-order valence-electron chi connectivity index (χ0n) is 10.7. The summed E-state index contributed by atoms with van der Waals surface area (Å²) >= 11 is 0. The first kappa shape index (κ1) is 10.6. The number of fused-ring (bicyclic) bond motifs is 2. The fourth-order valence-electron chi connectivity index (χ4n) is 2.90. The number of aromatic amines is 1. The fourth-order valence-corrected chi connectivity index (χ4v) is 2.90. The first-order chi connectivity index (χ1) is 9.34. The molecule has 1 aliphatic heterocycles. The number of H-pyrrole nitrogens is 1. The van der Waals surface area contributed by atoms with Gasteiger partial charge in [0.1, 0.15) is 17.8 Å². The van der Waals surface area contributed by atoms with Crippen molar-refractivity contribution < 1.29 is 0 Å². The van der Waals surface area contributed by atoms with Gasteiger partial charge in [0.2, 0.25) is 0 Å². The second-order valence-electron chi connectivity index (χ2n) is 4.91. The normalized spacial score (nSPS) is 14.1. The molecule has 0 saturated heterocycles. The number of nitrogens with one attached hydrogen (secondary N) is 1. The Hall–Kier alpha value is -2.36. The molecule has 2 aromatic heterocycles. The summed E-state index contributed by atoms with van der Waals surface area (Å²) in [6.45, 7) is 3.16. The van der Waals surface area contributed by atoms with Crippen molar-refractivity contribution in [2.75, 3.05) is 11.4 Å². The van der Waals surface area contributed by atoms with Crippen LogP contribution in [0.2, 0.25) is 0 Å². The number of nitrogens with zero attached hydrogens (tertiary/aromatic N) is 3. The van der Waals surface area contributed by atoms with Crippen LogP contribution >= 0.6 is 0 Å². The molecule has 4 heteroatoms. The van der Waals surface area contributed by atoms with Crippen molar-refractivity contribution >= 4 is 22.5 Å². The van der Waals surface area contributed by atoms with Crippen molar-refractivity contribution in [1.29, 1.82) is 0 Å². The van der Waals surface area contributed by atoms with Crippen LogP contribution in [0.1, 0.15) is 11.1 Å². The van der Waals surface area contributed by atoms with Crippen LogP contribution in [0.4, 0.5) is 11.5 Å². The van der Waals surface area contributed by atoms with Crippen LogP contribution in [0.15, 0.2) is 36.8 Å². The van der Waals surface area contributed by atoms with Crippen molar-refractivity contribution in [1.82, 2.24) is 15.0 Å². The van der Waals surface area contributed by atoms with Gasteiger partial charge in [-0.3, -0.25) is 0 Å². The van der Waals surface area contributed by atoms with Crippen LogP contribution in [0.3, 0.4) is 0 Å². The summed E-state index contributed by atoms with van der Waals surface area (Å²) in [4.78, 5) is 14.2. The topological polar surface area (TPSA) is 44.8 Å². The van der Waals surface area contributed by atoms with E-state index < -0.39 is 0 Å². The van der Waals surface area contributed by atoms with Gasteiger partial charge in [-0.25, -0.2) is 9.97 Å². The minimum Gasteiger partial charge on any atom is -0.346 e. The molecule has 0 bridgehead atoms. The van der Waals surface area contributed by atoms with Crippen LogP contribution in [0, 0.1) is 6.92 Å². The fraction of sp³-hybridized carbons (Fsp3) is 0.200. The van der Waals surface area contributed by atoms with Crippen LogP contribution in [-0.2, 0) is 6.42 Å². The lowest BCUT2D eigenvalue weighted by molar-refractivity contribution is 0.971. The van der Waals surface area contributed by atoms with Gasteiger partial charge in [-0.05, 0) is 36.6 Å². The highest BCUT2D eigenvalue weighted by atomic mass is 15.2. The second kappa shape index (κ2) is 3.82. The molecule has 0 amide bonds. The largest absolute Gasteiger partial charge is 0.346 e. The molecule has 1 aliphatic rings. The third kappa shape index (κ3) is 1.46. The highest BCUT2D eigenvalue weighted by Gasteiger charge is 2.24. The Morgan fingerprint density at radius 2 is 2.16 bits per heavy atom. The maximum atomic E-state index is 4.48. The standard InChI is InChI=1S/C15H14N4/c1-10-3-2-4-13-11(10)6-8-19(13)15-12-5-7-16-14(12)17-9-18-15/h2-5,7,9H,6,8H2,1H3,(H,16,17,18). The average Bonchev–Trinajstić information content (AvgIpc) is 3.05. The molecule has 0 spiro atoms. The van der Waals surface area contributed by atoms with Crippen LogP contribution in [-0.4, -0.2) is 21.5 Å². The molecule has 0 radical (unpaired) electrons. The van der Waals surface area contributed by atoms with E-state index >= 15 is 0 Å². The van der Waals surface area contributed by atoms with Crippen LogP contribution in [0.25, 0.3) is 11.0 Å². The van der Waals surface area contributed by atoms with Crippen molar-refractivity contribution in [3.8, 4) is 0 Å². The molecule has 1 N–H and O–H groups in total. The molecule has 19 heavy (non-hydrogen) atoms. The summed E-state index contributed by atoms with van der Waals surface area (Å²) in [6.07, 6.45) is 4.62. The number of rotatable bonds is 1. The smallest absolute Gasteiger partial charge is 0.145 e. The first-order valence-corrected chi connectivity index (χ1v) is 6.49. The molecule has 0 unspecified atom stereocenters. The average molecular weight is 250 g/mol. The predicted octanol–water partition coefficient (Wildman–Crippen LogP) is 2.96. The summed E-state index contributed by atoms with van der Waals surface area (Å²) in [6, 6.07) is 8.50. The van der Waals surface area contributed by atoms with E-state index in [1.165, 1.54) is 16.8 Å². The number of aromatic nitrogens is 3. The predicted molar refractivity (Wildman–Crippen MR) is 75.8 cm³/mol. The molecular weight excluding hydrogens is 236 g/mol. The minimum atomic E-state index is 0.895. The Morgan fingerprint density at radius 3 is 3.11 bits per heavy atom. The van der Waals surface area contributed by atoms with Gasteiger partial charge in [0.15, 0.2) is 0 Å². The number of anilines is 2. The van der Waals surface area contributed by atoms with Crippen molar-refractivity contribution in [2.24, 2.45) is 0 Å². The Bertz CT molecular complexity index is 760. The molecule has 4 nitrogen and oxygen atoms in total. The molecule has 94 valence electrons. The maximum Gasteiger partial charge on any atom is 0.145 e. The van der Waals surface area contributed by atoms with Gasteiger partial charge in [0, 0.05) is 18.4 Å². The number of hydrogen-bond acceptors (Lipinski definition) is 3. The van der Waals surface area contributed by atoms with E-state index in [2.05, 4.69) is 45.0 Å². The lowest BCUT2D eigenvalue weighted by atomic mass is 10.1. The summed E-state index contributed by atoms with van der Waals surface area (Å²) in [5.41, 5.74) is 4.97. The van der Waals surface area contributed by atoms with Crippen LogP contribution in [0.5, 0.6) is 0 Å². The number of benzene rings is 1. The molecule has 3 heterocycles. The van der Waals surface area contributed by atoms with Gasteiger partial charge in [-0.15, -0.1) is 0 Å². The number of hydrogen-bond donors (Lipinski definition) is 1. The quantitative estimate of drug-likeness (QED) is 0.722. The minimum absolute atomic E-state index is 0.895. The van der Waals surface area contributed by atoms with E-state index in [0.717, 1.165) is 29.8 Å². The van der Waals surface area contributed by atoms with Gasteiger partial charge in [-0.1, -0.05) is 12.1 Å². The van der Waals surface area contributed by atoms with Gasteiger partial charge >= 0.3 is 0 Å². The van der Waals surface area contributed by atoms with E-state index in [1.807, 2.05) is 12.3 Å². The van der Waals surface area contributed by atoms with Crippen molar-refractivity contribution in [3.63, 3.8) is 0 Å². The van der Waals surface area contributed by atoms with E-state index in [-0.39, 0.29) is 0 Å². The van der Waals surface area contributed by atoms with E-state index in [1.54, 1.807) is 6.33 Å². The lowest BCUT2D eigenvalue weighted by Gasteiger charge is -2.19. The lowest BCUT2D eigenvalue weighted by Crippen LogP contribution is -2.15. The zero-order chi connectivity index (χ0) is 12.8. The molecule has 0 saturated carbocycles. The third-order valence-corrected chi connectivity index (χ3v) is 3.85. The molecule has 1 aromatic carbocycles. The highest BCUT2D eigenvalue weighted by Crippen LogP contribution is 2.37. The van der Waals surface area contributed by atoms with Crippen molar-refractivity contribution in [2.45, 2.75) is 13.3 Å². The Morgan fingerprint density at radius 1 is 1.21 bits per heavy atom. The summed E-state index contributed by atoms with van der Waals surface area (Å²) in [7, 11) is 0. The number of aryl methyl sites for hydroxylation is 1. The molecule has 0 fully saturated rings. The molecular formula is C15H14N4. The Balaban J connectivity index is 1.92. The van der Waals surface area contributed by atoms with Gasteiger partial charge in [-0.2, -0.15) is 0 Å². The Labute approximate surface area is 111 Å². The monoisotopic (exact) mass is 250 g/mol. The molecule has 0 atom stereocenters. The first-order valence-electron chi connectivity index (χ1n) is 6.49. The second-order valence-corrected chi connectivity index (χ2v) is 4.91. The zero-order valence-corrected chi connectivity index (χ0v) is 10.7. The van der Waals surface area contributed by atoms with Gasteiger partial charge < -0.3 is 9.88 Å². The van der Waals surface area contributed by atoms with Crippen LogP contribution < -0.4 is 4.90 Å².